The van der Waals surface area contributed by atoms with Gasteiger partial charge >= 0.3 is 6.09 Å². The van der Waals surface area contributed by atoms with Gasteiger partial charge in [0.05, 0.1) is 12.6 Å². The van der Waals surface area contributed by atoms with Crippen LogP contribution in [0.4, 0.5) is 4.79 Å². The summed E-state index contributed by atoms with van der Waals surface area (Å²) in [6, 6.07) is 23.8. The first-order valence-electron chi connectivity index (χ1n) is 9.16. The molecule has 1 aliphatic carbocycles. The third kappa shape index (κ3) is 3.68. The minimum atomic E-state index is -0.809. The maximum atomic E-state index is 12.2. The molecule has 3 aromatic carbocycles. The van der Waals surface area contributed by atoms with Crippen molar-refractivity contribution in [3.05, 3.63) is 94.0 Å². The topological polar surface area (TPSA) is 58.6 Å². The number of carbonyl (C=O) groups excluding carboxylic acids is 1. The van der Waals surface area contributed by atoms with Gasteiger partial charge in [-0.1, -0.05) is 82.7 Å². The summed E-state index contributed by atoms with van der Waals surface area (Å²) < 4.78 is 6.29. The fraction of sp³-hybridized carbons (Fsp3) is 0.174. The first-order valence-corrected chi connectivity index (χ1v) is 9.96. The molecule has 1 atom stereocenters. The summed E-state index contributed by atoms with van der Waals surface area (Å²) in [7, 11) is 0. The molecule has 142 valence electrons. The first kappa shape index (κ1) is 18.7. The lowest BCUT2D eigenvalue weighted by Gasteiger charge is -2.16. The van der Waals surface area contributed by atoms with Gasteiger partial charge in [0.15, 0.2) is 0 Å². The van der Waals surface area contributed by atoms with Crippen molar-refractivity contribution in [3.63, 3.8) is 0 Å². The number of aliphatic hydroxyl groups excluding tert-OH is 1. The Bertz CT molecular complexity index is 959. The Morgan fingerprint density at radius 3 is 2.18 bits per heavy atom. The Morgan fingerprint density at radius 1 is 0.964 bits per heavy atom. The molecule has 1 unspecified atom stereocenters. The number of benzene rings is 3. The van der Waals surface area contributed by atoms with E-state index in [9.17, 15) is 9.90 Å². The molecule has 0 aromatic heterocycles. The van der Waals surface area contributed by atoms with E-state index in [1.54, 1.807) is 0 Å². The molecule has 2 N–H and O–H groups in total. The zero-order chi connectivity index (χ0) is 19.5. The van der Waals surface area contributed by atoms with Gasteiger partial charge in [-0.05, 0) is 33.9 Å². The number of amides is 1. The van der Waals surface area contributed by atoms with Crippen LogP contribution >= 0.6 is 15.9 Å². The molecule has 0 aliphatic heterocycles. The summed E-state index contributed by atoms with van der Waals surface area (Å²) in [5, 5.41) is 12.9. The van der Waals surface area contributed by atoms with Crippen LogP contribution in [0.1, 0.15) is 28.7 Å². The van der Waals surface area contributed by atoms with Crippen LogP contribution in [0.15, 0.2) is 77.3 Å². The van der Waals surface area contributed by atoms with Crippen LogP contribution in [0.2, 0.25) is 0 Å². The number of carbonyl (C=O) groups is 1. The van der Waals surface area contributed by atoms with E-state index >= 15 is 0 Å². The second-order valence-electron chi connectivity index (χ2n) is 6.74. The van der Waals surface area contributed by atoms with E-state index in [2.05, 4.69) is 45.5 Å². The highest BCUT2D eigenvalue weighted by atomic mass is 79.9. The Morgan fingerprint density at radius 2 is 1.54 bits per heavy atom. The number of alkyl carbamates (subject to hydrolysis) is 1. The summed E-state index contributed by atoms with van der Waals surface area (Å²) in [5.74, 6) is 0.0198. The third-order valence-electron chi connectivity index (χ3n) is 5.05. The number of aliphatic hydroxyl groups is 1. The zero-order valence-corrected chi connectivity index (χ0v) is 16.7. The lowest BCUT2D eigenvalue weighted by atomic mass is 9.98. The number of ether oxygens (including phenoxy) is 1. The second-order valence-corrected chi connectivity index (χ2v) is 7.60. The average molecular weight is 438 g/mol. The van der Waals surface area contributed by atoms with Gasteiger partial charge in [-0.3, -0.25) is 0 Å². The van der Waals surface area contributed by atoms with Crippen molar-refractivity contribution >= 4 is 22.0 Å². The van der Waals surface area contributed by atoms with Crippen LogP contribution in [-0.4, -0.2) is 24.4 Å². The Labute approximate surface area is 172 Å². The van der Waals surface area contributed by atoms with Crippen molar-refractivity contribution in [2.75, 3.05) is 13.2 Å². The SMILES string of the molecule is O=C(NCC(O)c1ccccc1Br)OCC1c2ccccc2-c2ccccc21. The number of nitrogens with one attached hydrogen (secondary N) is 1. The van der Waals surface area contributed by atoms with E-state index < -0.39 is 12.2 Å². The Balaban J connectivity index is 1.38. The quantitative estimate of drug-likeness (QED) is 0.588. The predicted octanol–water partition coefficient (Wildman–Crippen LogP) is 5.02. The lowest BCUT2D eigenvalue weighted by Crippen LogP contribution is -2.30. The minimum Gasteiger partial charge on any atom is -0.449 e. The largest absolute Gasteiger partial charge is 0.449 e. The van der Waals surface area contributed by atoms with Crippen molar-refractivity contribution in [1.29, 1.82) is 0 Å². The molecule has 0 spiro atoms. The average Bonchev–Trinajstić information content (AvgIpc) is 3.05. The van der Waals surface area contributed by atoms with E-state index in [4.69, 9.17) is 4.74 Å². The van der Waals surface area contributed by atoms with Gasteiger partial charge in [0.25, 0.3) is 0 Å². The maximum absolute atomic E-state index is 12.2. The monoisotopic (exact) mass is 437 g/mol. The fourth-order valence-corrected chi connectivity index (χ4v) is 4.23. The second kappa shape index (κ2) is 8.17. The molecule has 0 fully saturated rings. The number of rotatable bonds is 5. The molecule has 0 saturated carbocycles. The molecule has 0 heterocycles. The molecule has 1 amide bonds. The van der Waals surface area contributed by atoms with Gasteiger partial charge in [0.2, 0.25) is 0 Å². The van der Waals surface area contributed by atoms with Crippen LogP contribution in [0.25, 0.3) is 11.1 Å². The summed E-state index contributed by atoms with van der Waals surface area (Å²) in [4.78, 5) is 12.2. The van der Waals surface area contributed by atoms with E-state index in [1.807, 2.05) is 48.5 Å². The van der Waals surface area contributed by atoms with Gasteiger partial charge in [0.1, 0.15) is 6.61 Å². The molecule has 0 radical (unpaired) electrons. The highest BCUT2D eigenvalue weighted by molar-refractivity contribution is 9.10. The van der Waals surface area contributed by atoms with Gasteiger partial charge in [-0.15, -0.1) is 0 Å². The number of hydrogen-bond donors (Lipinski definition) is 2. The van der Waals surface area contributed by atoms with E-state index in [0.29, 0.717) is 0 Å². The van der Waals surface area contributed by atoms with Crippen LogP contribution in [0.5, 0.6) is 0 Å². The number of fused-ring (bicyclic) bond motifs is 3. The zero-order valence-electron chi connectivity index (χ0n) is 15.1. The van der Waals surface area contributed by atoms with Crippen LogP contribution < -0.4 is 5.32 Å². The number of halogens is 1. The van der Waals surface area contributed by atoms with Crippen molar-refractivity contribution in [3.8, 4) is 11.1 Å². The molecule has 28 heavy (non-hydrogen) atoms. The Kier molecular flexibility index (Phi) is 5.46. The molecule has 1 aliphatic rings. The smallest absolute Gasteiger partial charge is 0.407 e. The Hall–Kier alpha value is -2.63. The maximum Gasteiger partial charge on any atom is 0.407 e. The molecular formula is C23H20BrNO3. The van der Waals surface area contributed by atoms with Crippen molar-refractivity contribution in [2.24, 2.45) is 0 Å². The molecule has 5 heteroatoms. The van der Waals surface area contributed by atoms with E-state index in [0.717, 1.165) is 10.0 Å². The van der Waals surface area contributed by atoms with Crippen LogP contribution in [0.3, 0.4) is 0 Å². The predicted molar refractivity (Wildman–Crippen MR) is 112 cm³/mol. The van der Waals surface area contributed by atoms with Crippen LogP contribution in [-0.2, 0) is 4.74 Å². The highest BCUT2D eigenvalue weighted by Gasteiger charge is 2.29. The summed E-state index contributed by atoms with van der Waals surface area (Å²) >= 11 is 3.41. The number of hydrogen-bond acceptors (Lipinski definition) is 3. The molecule has 3 aromatic rings. The molecule has 0 bridgehead atoms. The summed E-state index contributed by atoms with van der Waals surface area (Å²) in [6.07, 6.45) is -1.34. The van der Waals surface area contributed by atoms with Crippen molar-refractivity contribution in [1.82, 2.24) is 5.32 Å². The first-order chi connectivity index (χ1) is 13.6. The van der Waals surface area contributed by atoms with Gasteiger partial charge in [0, 0.05) is 10.4 Å². The van der Waals surface area contributed by atoms with Gasteiger partial charge in [-0.2, -0.15) is 0 Å². The highest BCUT2D eigenvalue weighted by Crippen LogP contribution is 2.44. The van der Waals surface area contributed by atoms with Crippen molar-refractivity contribution in [2.45, 2.75) is 12.0 Å². The minimum absolute atomic E-state index is 0.0198. The van der Waals surface area contributed by atoms with E-state index in [-0.39, 0.29) is 19.1 Å². The van der Waals surface area contributed by atoms with Crippen LogP contribution in [0, 0.1) is 0 Å². The lowest BCUT2D eigenvalue weighted by molar-refractivity contribution is 0.128. The van der Waals surface area contributed by atoms with Gasteiger partial charge in [-0.25, -0.2) is 4.79 Å². The van der Waals surface area contributed by atoms with Crippen molar-refractivity contribution < 1.29 is 14.6 Å². The van der Waals surface area contributed by atoms with Gasteiger partial charge < -0.3 is 15.2 Å². The molecular weight excluding hydrogens is 418 g/mol. The standard InChI is InChI=1S/C23H20BrNO3/c24-21-12-6-5-11-19(21)22(26)13-25-23(27)28-14-20-17-9-3-1-7-15(17)16-8-2-4-10-18(16)20/h1-12,20,22,26H,13-14H2,(H,25,27). The fourth-order valence-electron chi connectivity index (χ4n) is 3.68. The third-order valence-corrected chi connectivity index (χ3v) is 5.77. The summed E-state index contributed by atoms with van der Waals surface area (Å²) in [6.45, 7) is 0.338. The molecule has 4 nitrogen and oxygen atoms in total. The van der Waals surface area contributed by atoms with E-state index in [1.165, 1.54) is 22.3 Å². The summed E-state index contributed by atoms with van der Waals surface area (Å²) in [5.41, 5.74) is 5.45. The normalized spacial score (nSPS) is 13.5. The molecule has 0 saturated heterocycles. The molecule has 4 rings (SSSR count).